The summed E-state index contributed by atoms with van der Waals surface area (Å²) in [6.45, 7) is 3.44. The highest BCUT2D eigenvalue weighted by molar-refractivity contribution is 7.19. The first kappa shape index (κ1) is 16.9. The van der Waals surface area contributed by atoms with Crippen LogP contribution in [0.1, 0.15) is 37.9 Å². The SMILES string of the molecule is Cc1c(C(=O)N2CC3CCC(NC(=O)c4cncs4)C3C2)sc2nccn12. The minimum atomic E-state index is -0.0525. The van der Waals surface area contributed by atoms with E-state index in [2.05, 4.69) is 15.3 Å². The minimum Gasteiger partial charge on any atom is -0.348 e. The highest BCUT2D eigenvalue weighted by Crippen LogP contribution is 2.39. The number of hydrogen-bond donors (Lipinski definition) is 1. The van der Waals surface area contributed by atoms with E-state index in [1.165, 1.54) is 22.7 Å². The molecule has 3 unspecified atom stereocenters. The van der Waals surface area contributed by atoms with Gasteiger partial charge in [-0.3, -0.25) is 19.0 Å². The molecular formula is C18H19N5O2S2. The van der Waals surface area contributed by atoms with E-state index in [9.17, 15) is 9.59 Å². The van der Waals surface area contributed by atoms with Gasteiger partial charge in [0.2, 0.25) is 0 Å². The van der Waals surface area contributed by atoms with Gasteiger partial charge in [0.1, 0.15) is 9.75 Å². The van der Waals surface area contributed by atoms with Crippen LogP contribution in [0.3, 0.4) is 0 Å². The number of imidazole rings is 1. The Balaban J connectivity index is 1.30. The maximum atomic E-state index is 13.1. The molecule has 1 aliphatic carbocycles. The van der Waals surface area contributed by atoms with Gasteiger partial charge in [-0.15, -0.1) is 11.3 Å². The lowest BCUT2D eigenvalue weighted by atomic mass is 9.98. The van der Waals surface area contributed by atoms with Gasteiger partial charge in [-0.05, 0) is 25.7 Å². The van der Waals surface area contributed by atoms with Crippen LogP contribution < -0.4 is 5.32 Å². The highest BCUT2D eigenvalue weighted by atomic mass is 32.1. The van der Waals surface area contributed by atoms with Crippen molar-refractivity contribution in [2.75, 3.05) is 13.1 Å². The number of fused-ring (bicyclic) bond motifs is 2. The standard InChI is InChI=1S/C18H19N5O2S2/c1-10-15(27-18-20-4-5-23(10)18)17(25)22-7-11-2-3-13(12(11)8-22)21-16(24)14-6-19-9-26-14/h4-6,9,11-13H,2-3,7-8H2,1H3,(H,21,24). The number of rotatable bonds is 3. The molecule has 0 bridgehead atoms. The summed E-state index contributed by atoms with van der Waals surface area (Å²) in [7, 11) is 0. The number of aromatic nitrogens is 3. The van der Waals surface area contributed by atoms with Gasteiger partial charge in [-0.2, -0.15) is 0 Å². The largest absolute Gasteiger partial charge is 0.348 e. The predicted octanol–water partition coefficient (Wildman–Crippen LogP) is 2.44. The third-order valence-electron chi connectivity index (χ3n) is 5.80. The fourth-order valence-corrected chi connectivity index (χ4v) is 5.99. The second kappa shape index (κ2) is 6.42. The summed E-state index contributed by atoms with van der Waals surface area (Å²) in [5, 5.41) is 3.16. The molecule has 1 saturated carbocycles. The molecule has 3 atom stereocenters. The van der Waals surface area contributed by atoms with Crippen molar-refractivity contribution in [2.24, 2.45) is 11.8 Å². The average Bonchev–Trinajstić information content (AvgIpc) is 3.44. The quantitative estimate of drug-likeness (QED) is 0.731. The molecule has 0 aromatic carbocycles. The smallest absolute Gasteiger partial charge is 0.265 e. The Morgan fingerprint density at radius 3 is 2.96 bits per heavy atom. The van der Waals surface area contributed by atoms with Gasteiger partial charge in [0.05, 0.1) is 11.7 Å². The molecule has 2 fully saturated rings. The number of nitrogens with one attached hydrogen (secondary N) is 1. The van der Waals surface area contributed by atoms with Crippen molar-refractivity contribution in [3.05, 3.63) is 39.5 Å². The number of thiazole rings is 2. The fraction of sp³-hybridized carbons (Fsp3) is 0.444. The summed E-state index contributed by atoms with van der Waals surface area (Å²) in [6, 6.07) is 0.129. The third kappa shape index (κ3) is 2.76. The molecule has 140 valence electrons. The topological polar surface area (TPSA) is 79.6 Å². The summed E-state index contributed by atoms with van der Waals surface area (Å²) in [5.41, 5.74) is 2.62. The van der Waals surface area contributed by atoms with E-state index in [1.54, 1.807) is 17.9 Å². The zero-order valence-electron chi connectivity index (χ0n) is 14.8. The molecular weight excluding hydrogens is 382 g/mol. The molecule has 27 heavy (non-hydrogen) atoms. The Bertz CT molecular complexity index is 1010. The van der Waals surface area contributed by atoms with Crippen molar-refractivity contribution in [1.82, 2.24) is 24.6 Å². The number of nitrogens with zero attached hydrogens (tertiary/aromatic N) is 4. The van der Waals surface area contributed by atoms with E-state index in [1.807, 2.05) is 22.4 Å². The van der Waals surface area contributed by atoms with Crippen molar-refractivity contribution in [3.8, 4) is 0 Å². The van der Waals surface area contributed by atoms with Crippen molar-refractivity contribution in [3.63, 3.8) is 0 Å². The lowest BCUT2D eigenvalue weighted by Crippen LogP contribution is -2.40. The van der Waals surface area contributed by atoms with Crippen LogP contribution in [0, 0.1) is 18.8 Å². The van der Waals surface area contributed by atoms with Crippen LogP contribution in [0.5, 0.6) is 0 Å². The van der Waals surface area contributed by atoms with Crippen LogP contribution in [0.15, 0.2) is 24.1 Å². The van der Waals surface area contributed by atoms with E-state index in [4.69, 9.17) is 0 Å². The molecule has 3 aromatic rings. The van der Waals surface area contributed by atoms with Crippen LogP contribution >= 0.6 is 22.7 Å². The van der Waals surface area contributed by atoms with E-state index < -0.39 is 0 Å². The number of aryl methyl sites for hydroxylation is 1. The van der Waals surface area contributed by atoms with Gasteiger partial charge in [0.25, 0.3) is 11.8 Å². The number of carbonyl (C=O) groups excluding carboxylic acids is 2. The van der Waals surface area contributed by atoms with Gasteiger partial charge in [0.15, 0.2) is 4.96 Å². The predicted molar refractivity (Wildman–Crippen MR) is 103 cm³/mol. The van der Waals surface area contributed by atoms with Gasteiger partial charge < -0.3 is 10.2 Å². The number of hydrogen-bond acceptors (Lipinski definition) is 6. The fourth-order valence-electron chi connectivity index (χ4n) is 4.41. The lowest BCUT2D eigenvalue weighted by molar-refractivity contribution is 0.0781. The van der Waals surface area contributed by atoms with Crippen LogP contribution in [-0.2, 0) is 0 Å². The van der Waals surface area contributed by atoms with Crippen molar-refractivity contribution < 1.29 is 9.59 Å². The molecule has 1 N–H and O–H groups in total. The molecule has 2 aliphatic rings. The number of amides is 2. The first-order valence-electron chi connectivity index (χ1n) is 9.03. The molecule has 1 saturated heterocycles. The summed E-state index contributed by atoms with van der Waals surface area (Å²) in [4.78, 5) is 37.9. The summed E-state index contributed by atoms with van der Waals surface area (Å²) >= 11 is 2.80. The summed E-state index contributed by atoms with van der Waals surface area (Å²) < 4.78 is 1.97. The van der Waals surface area contributed by atoms with Gasteiger partial charge in [-0.25, -0.2) is 4.98 Å². The highest BCUT2D eigenvalue weighted by Gasteiger charge is 2.45. The molecule has 2 amide bonds. The van der Waals surface area contributed by atoms with E-state index in [-0.39, 0.29) is 17.9 Å². The molecule has 9 heteroatoms. The maximum absolute atomic E-state index is 13.1. The Labute approximate surface area is 164 Å². The molecule has 1 aliphatic heterocycles. The molecule has 0 radical (unpaired) electrons. The van der Waals surface area contributed by atoms with E-state index in [0.29, 0.717) is 23.3 Å². The average molecular weight is 402 g/mol. The van der Waals surface area contributed by atoms with Crippen LogP contribution in [0.25, 0.3) is 4.96 Å². The second-order valence-electron chi connectivity index (χ2n) is 7.25. The number of carbonyl (C=O) groups is 2. The molecule has 0 spiro atoms. The third-order valence-corrected chi connectivity index (χ3v) is 7.73. The Kier molecular flexibility index (Phi) is 4.01. The molecule has 4 heterocycles. The van der Waals surface area contributed by atoms with E-state index in [0.717, 1.165) is 34.9 Å². The summed E-state index contributed by atoms with van der Waals surface area (Å²) in [5.74, 6) is 0.827. The van der Waals surface area contributed by atoms with Crippen molar-refractivity contribution >= 4 is 39.4 Å². The van der Waals surface area contributed by atoms with Gasteiger partial charge in [0, 0.05) is 43.1 Å². The maximum Gasteiger partial charge on any atom is 0.265 e. The Morgan fingerprint density at radius 2 is 2.19 bits per heavy atom. The van der Waals surface area contributed by atoms with Crippen LogP contribution in [0.4, 0.5) is 0 Å². The normalized spacial score (nSPS) is 24.5. The van der Waals surface area contributed by atoms with E-state index >= 15 is 0 Å². The Morgan fingerprint density at radius 1 is 1.30 bits per heavy atom. The summed E-state index contributed by atoms with van der Waals surface area (Å²) in [6.07, 6.45) is 7.28. The zero-order chi connectivity index (χ0) is 18.5. The zero-order valence-corrected chi connectivity index (χ0v) is 16.4. The monoisotopic (exact) mass is 401 g/mol. The van der Waals surface area contributed by atoms with Crippen LogP contribution in [-0.4, -0.2) is 50.2 Å². The second-order valence-corrected chi connectivity index (χ2v) is 9.12. The first-order chi connectivity index (χ1) is 13.1. The van der Waals surface area contributed by atoms with Gasteiger partial charge >= 0.3 is 0 Å². The lowest BCUT2D eigenvalue weighted by Gasteiger charge is -2.21. The van der Waals surface area contributed by atoms with Crippen molar-refractivity contribution in [1.29, 1.82) is 0 Å². The van der Waals surface area contributed by atoms with Crippen molar-refractivity contribution in [2.45, 2.75) is 25.8 Å². The number of likely N-dealkylation sites (tertiary alicyclic amines) is 1. The molecule has 3 aromatic heterocycles. The van der Waals surface area contributed by atoms with Gasteiger partial charge in [-0.1, -0.05) is 11.3 Å². The van der Waals surface area contributed by atoms with Crippen LogP contribution in [0.2, 0.25) is 0 Å². The molecule has 5 rings (SSSR count). The molecule has 7 nitrogen and oxygen atoms in total. The Hall–Kier alpha value is -2.26. The minimum absolute atomic E-state index is 0.0525. The first-order valence-corrected chi connectivity index (χ1v) is 10.7.